The van der Waals surface area contributed by atoms with Gasteiger partial charge in [-0.2, -0.15) is 0 Å². The molecule has 3 aliphatic carbocycles. The molecule has 7 heteroatoms. The summed E-state index contributed by atoms with van der Waals surface area (Å²) >= 11 is 1.31. The topological polar surface area (TPSA) is 95.5 Å². The van der Waals surface area contributed by atoms with Crippen LogP contribution in [-0.4, -0.2) is 28.9 Å². The van der Waals surface area contributed by atoms with E-state index in [0.717, 1.165) is 29.5 Å². The lowest BCUT2D eigenvalue weighted by molar-refractivity contribution is -0.146. The number of thiophene rings is 1. The van der Waals surface area contributed by atoms with Gasteiger partial charge in [0.2, 0.25) is 5.91 Å². The summed E-state index contributed by atoms with van der Waals surface area (Å²) in [6.45, 7) is 2.01. The zero-order chi connectivity index (χ0) is 21.7. The molecular weight excluding hydrogens is 412 g/mol. The first-order chi connectivity index (χ1) is 14.9. The second kappa shape index (κ2) is 7.64. The van der Waals surface area contributed by atoms with E-state index in [-0.39, 0.29) is 29.7 Å². The summed E-state index contributed by atoms with van der Waals surface area (Å²) in [6.07, 6.45) is 6.51. The lowest BCUT2D eigenvalue weighted by Gasteiger charge is -2.23. The van der Waals surface area contributed by atoms with Crippen LogP contribution in [0.4, 0.5) is 5.00 Å². The van der Waals surface area contributed by atoms with Crippen LogP contribution < -0.4 is 10.6 Å². The number of carboxylic acids is 1. The highest BCUT2D eigenvalue weighted by atomic mass is 32.1. The molecule has 4 atom stereocenters. The Hall–Kier alpha value is -2.93. The van der Waals surface area contributed by atoms with Crippen molar-refractivity contribution in [3.63, 3.8) is 0 Å². The summed E-state index contributed by atoms with van der Waals surface area (Å²) in [5.41, 5.74) is 3.27. The third kappa shape index (κ3) is 3.67. The summed E-state index contributed by atoms with van der Waals surface area (Å²) in [7, 11) is 0. The van der Waals surface area contributed by atoms with Crippen molar-refractivity contribution in [3.8, 4) is 11.1 Å². The fraction of sp³-hybridized carbons (Fsp3) is 0.375. The van der Waals surface area contributed by atoms with Crippen LogP contribution in [0.3, 0.4) is 0 Å². The number of allylic oxidation sites excluding steroid dienone is 2. The molecule has 2 bridgehead atoms. The van der Waals surface area contributed by atoms with Gasteiger partial charge in [0.1, 0.15) is 5.00 Å². The first kappa shape index (κ1) is 20.0. The van der Waals surface area contributed by atoms with Gasteiger partial charge < -0.3 is 15.7 Å². The number of amides is 2. The monoisotopic (exact) mass is 436 g/mol. The van der Waals surface area contributed by atoms with Crippen molar-refractivity contribution in [2.45, 2.75) is 32.2 Å². The number of carbonyl (C=O) groups is 3. The first-order valence-corrected chi connectivity index (χ1v) is 11.5. The van der Waals surface area contributed by atoms with Crippen LogP contribution in [0.25, 0.3) is 11.1 Å². The van der Waals surface area contributed by atoms with Gasteiger partial charge in [-0.05, 0) is 43.6 Å². The Bertz CT molecular complexity index is 1080. The molecule has 0 spiro atoms. The molecule has 3 aliphatic rings. The molecule has 2 fully saturated rings. The molecule has 0 radical (unpaired) electrons. The number of aryl methyl sites for hydroxylation is 1. The molecular formula is C24H24N2O4S. The second-order valence-electron chi connectivity index (χ2n) is 8.79. The van der Waals surface area contributed by atoms with Crippen LogP contribution >= 0.6 is 11.3 Å². The van der Waals surface area contributed by atoms with Crippen LogP contribution in [0.15, 0.2) is 41.8 Å². The van der Waals surface area contributed by atoms with E-state index in [2.05, 4.69) is 10.6 Å². The normalized spacial score (nSPS) is 26.1. The van der Waals surface area contributed by atoms with Gasteiger partial charge in [-0.25, -0.2) is 0 Å². The van der Waals surface area contributed by atoms with E-state index < -0.39 is 17.8 Å². The average molecular weight is 437 g/mol. The van der Waals surface area contributed by atoms with E-state index in [4.69, 9.17) is 0 Å². The van der Waals surface area contributed by atoms with Crippen molar-refractivity contribution in [1.29, 1.82) is 0 Å². The predicted octanol–water partition coefficient (Wildman–Crippen LogP) is 4.08. The van der Waals surface area contributed by atoms with Crippen LogP contribution in [0.2, 0.25) is 0 Å². The SMILES string of the molecule is Cc1ccc(-c2csc(NC(=O)[C@@H]3[C@H](C(=O)O)[C@H]4C=C[C@H]3C4)c2C(=O)NC2CC2)cc1. The first-order valence-electron chi connectivity index (χ1n) is 10.6. The minimum atomic E-state index is -0.935. The molecule has 2 aromatic rings. The number of carbonyl (C=O) groups excluding carboxylic acids is 2. The average Bonchev–Trinajstić information content (AvgIpc) is 3.15. The van der Waals surface area contributed by atoms with E-state index >= 15 is 0 Å². The molecule has 6 nitrogen and oxygen atoms in total. The number of hydrogen-bond acceptors (Lipinski definition) is 4. The number of benzene rings is 1. The van der Waals surface area contributed by atoms with Crippen LogP contribution in [-0.2, 0) is 9.59 Å². The molecule has 1 aromatic heterocycles. The molecule has 0 saturated heterocycles. The fourth-order valence-corrected chi connectivity index (χ4v) is 5.79. The Morgan fingerprint density at radius 3 is 2.35 bits per heavy atom. The van der Waals surface area contributed by atoms with Crippen molar-refractivity contribution in [2.24, 2.45) is 23.7 Å². The molecule has 31 heavy (non-hydrogen) atoms. The molecule has 2 amide bonds. The maximum atomic E-state index is 13.2. The summed E-state index contributed by atoms with van der Waals surface area (Å²) < 4.78 is 0. The number of carboxylic acid groups (broad SMARTS) is 1. The third-order valence-electron chi connectivity index (χ3n) is 6.58. The minimum absolute atomic E-state index is 0.0635. The summed E-state index contributed by atoms with van der Waals surface area (Å²) in [5.74, 6) is -2.93. The van der Waals surface area contributed by atoms with Crippen molar-refractivity contribution in [2.75, 3.05) is 5.32 Å². The van der Waals surface area contributed by atoms with E-state index in [0.29, 0.717) is 17.0 Å². The molecule has 5 rings (SSSR count). The zero-order valence-electron chi connectivity index (χ0n) is 17.1. The molecule has 0 unspecified atom stereocenters. The highest BCUT2D eigenvalue weighted by molar-refractivity contribution is 7.15. The molecule has 2 saturated carbocycles. The van der Waals surface area contributed by atoms with Gasteiger partial charge in [-0.3, -0.25) is 14.4 Å². The summed E-state index contributed by atoms with van der Waals surface area (Å²) in [4.78, 5) is 38.1. The van der Waals surface area contributed by atoms with Gasteiger partial charge in [0.25, 0.3) is 5.91 Å². The maximum absolute atomic E-state index is 13.2. The predicted molar refractivity (Wildman–Crippen MR) is 119 cm³/mol. The van der Waals surface area contributed by atoms with Crippen molar-refractivity contribution in [1.82, 2.24) is 5.32 Å². The Labute approximate surface area is 184 Å². The Morgan fingerprint density at radius 1 is 1.03 bits per heavy atom. The van der Waals surface area contributed by atoms with Crippen LogP contribution in [0.5, 0.6) is 0 Å². The van der Waals surface area contributed by atoms with Crippen LogP contribution in [0.1, 0.15) is 35.2 Å². The van der Waals surface area contributed by atoms with Gasteiger partial charge in [-0.15, -0.1) is 11.3 Å². The Morgan fingerprint density at radius 2 is 1.71 bits per heavy atom. The van der Waals surface area contributed by atoms with Crippen LogP contribution in [0, 0.1) is 30.6 Å². The number of anilines is 1. The summed E-state index contributed by atoms with van der Waals surface area (Å²) in [5, 5.41) is 18.0. The third-order valence-corrected chi connectivity index (χ3v) is 7.47. The van der Waals surface area contributed by atoms with E-state index in [1.807, 2.05) is 48.7 Å². The lowest BCUT2D eigenvalue weighted by atomic mass is 9.82. The van der Waals surface area contributed by atoms with Crippen molar-refractivity contribution < 1.29 is 19.5 Å². The van der Waals surface area contributed by atoms with Gasteiger partial charge in [0.15, 0.2) is 0 Å². The molecule has 160 valence electrons. The number of rotatable bonds is 6. The maximum Gasteiger partial charge on any atom is 0.307 e. The van der Waals surface area contributed by atoms with E-state index in [1.165, 1.54) is 11.3 Å². The molecule has 1 aromatic carbocycles. The number of hydrogen-bond donors (Lipinski definition) is 3. The van der Waals surface area contributed by atoms with Gasteiger partial charge in [-0.1, -0.05) is 42.0 Å². The smallest absolute Gasteiger partial charge is 0.307 e. The Kier molecular flexibility index (Phi) is 4.93. The van der Waals surface area contributed by atoms with Crippen molar-refractivity contribution in [3.05, 3.63) is 52.9 Å². The Balaban J connectivity index is 1.46. The number of aliphatic carboxylic acids is 1. The zero-order valence-corrected chi connectivity index (χ0v) is 17.9. The molecule has 3 N–H and O–H groups in total. The minimum Gasteiger partial charge on any atom is -0.481 e. The van der Waals surface area contributed by atoms with Gasteiger partial charge >= 0.3 is 5.97 Å². The summed E-state index contributed by atoms with van der Waals surface area (Å²) in [6, 6.07) is 8.12. The quantitative estimate of drug-likeness (QED) is 0.595. The second-order valence-corrected chi connectivity index (χ2v) is 9.67. The van der Waals surface area contributed by atoms with Crippen molar-refractivity contribution >= 4 is 34.1 Å². The highest BCUT2D eigenvalue weighted by Gasteiger charge is 2.51. The standard InChI is InChI=1S/C24H24N2O4S/c1-12-2-4-13(5-3-12)17-11-31-23(20(17)22(28)25-16-8-9-16)26-21(27)18-14-6-7-15(10-14)19(18)24(29)30/h2-7,11,14-16,18-19H,8-10H2,1H3,(H,25,28)(H,26,27)(H,29,30)/t14-,15-,18-,19+/m0/s1. The van der Waals surface area contributed by atoms with Gasteiger partial charge in [0, 0.05) is 17.0 Å². The number of fused-ring (bicyclic) bond motifs is 2. The van der Waals surface area contributed by atoms with E-state index in [9.17, 15) is 19.5 Å². The number of nitrogens with one attached hydrogen (secondary N) is 2. The highest BCUT2D eigenvalue weighted by Crippen LogP contribution is 2.49. The largest absolute Gasteiger partial charge is 0.481 e. The van der Waals surface area contributed by atoms with Gasteiger partial charge in [0.05, 0.1) is 17.4 Å². The molecule has 0 aliphatic heterocycles. The fourth-order valence-electron chi connectivity index (χ4n) is 4.82. The lowest BCUT2D eigenvalue weighted by Crippen LogP contribution is -2.36. The molecule has 1 heterocycles. The van der Waals surface area contributed by atoms with E-state index in [1.54, 1.807) is 0 Å².